The molecule has 0 unspecified atom stereocenters. The normalized spacial score (nSPS) is 15.2. The monoisotopic (exact) mass is 451 g/mol. The van der Waals surface area contributed by atoms with Crippen molar-refractivity contribution in [1.82, 2.24) is 5.32 Å². The van der Waals surface area contributed by atoms with Gasteiger partial charge >= 0.3 is 0 Å². The fourth-order valence-corrected chi connectivity index (χ4v) is 3.47. The summed E-state index contributed by atoms with van der Waals surface area (Å²) in [6.45, 7) is 1.62. The summed E-state index contributed by atoms with van der Waals surface area (Å²) in [5.41, 5.74) is 0.495. The lowest BCUT2D eigenvalue weighted by atomic mass is 10.1. The molecule has 32 heavy (non-hydrogen) atoms. The van der Waals surface area contributed by atoms with E-state index in [9.17, 15) is 24.1 Å². The van der Waals surface area contributed by atoms with E-state index in [1.54, 1.807) is 25.1 Å². The second kappa shape index (κ2) is 8.16. The Bertz CT molecular complexity index is 1330. The molecule has 1 aliphatic heterocycles. The fourth-order valence-electron chi connectivity index (χ4n) is 3.20. The number of halogens is 1. The fraction of sp³-hybridized carbons (Fsp3) is 0.0455. The molecule has 0 radical (unpaired) electrons. The number of carbonyl (C=O) groups is 2. The number of para-hydroxylation sites is 1. The number of rotatable bonds is 4. The number of anilines is 1. The zero-order valence-corrected chi connectivity index (χ0v) is 17.3. The van der Waals surface area contributed by atoms with E-state index in [-0.39, 0.29) is 27.8 Å². The summed E-state index contributed by atoms with van der Waals surface area (Å²) in [5, 5.41) is 13.3. The summed E-state index contributed by atoms with van der Waals surface area (Å²) in [4.78, 5) is 36.9. The van der Waals surface area contributed by atoms with E-state index in [0.717, 1.165) is 4.90 Å². The maximum absolute atomic E-state index is 14.2. The van der Waals surface area contributed by atoms with Gasteiger partial charge in [-0.2, -0.15) is 0 Å². The van der Waals surface area contributed by atoms with Gasteiger partial charge in [-0.3, -0.25) is 25.0 Å². The summed E-state index contributed by atoms with van der Waals surface area (Å²) in [6.07, 6.45) is 1.21. The van der Waals surface area contributed by atoms with Gasteiger partial charge in [0.2, 0.25) is 0 Å². The summed E-state index contributed by atoms with van der Waals surface area (Å²) >= 11 is 5.05. The number of amides is 2. The number of benzene rings is 2. The molecule has 0 bridgehead atoms. The number of furan rings is 1. The van der Waals surface area contributed by atoms with Crippen LogP contribution in [0, 0.1) is 22.9 Å². The van der Waals surface area contributed by atoms with Crippen LogP contribution in [0.5, 0.6) is 0 Å². The van der Waals surface area contributed by atoms with E-state index in [0.29, 0.717) is 16.9 Å². The number of aryl methyl sites for hydroxylation is 1. The first-order chi connectivity index (χ1) is 15.3. The van der Waals surface area contributed by atoms with Crippen molar-refractivity contribution in [3.05, 3.63) is 87.4 Å². The molecule has 1 aliphatic rings. The molecule has 0 atom stereocenters. The van der Waals surface area contributed by atoms with Gasteiger partial charge in [0.05, 0.1) is 10.6 Å². The molecule has 10 heteroatoms. The zero-order chi connectivity index (χ0) is 23.0. The number of hydrogen-bond donors (Lipinski definition) is 1. The molecule has 8 nitrogen and oxygen atoms in total. The lowest BCUT2D eigenvalue weighted by Gasteiger charge is -2.28. The number of thiocarbonyl (C=S) groups is 1. The van der Waals surface area contributed by atoms with Gasteiger partial charge in [-0.15, -0.1) is 0 Å². The minimum atomic E-state index is -0.812. The molecule has 2 amide bonds. The van der Waals surface area contributed by atoms with Gasteiger partial charge in [-0.25, -0.2) is 9.29 Å². The van der Waals surface area contributed by atoms with Crippen molar-refractivity contribution in [2.24, 2.45) is 0 Å². The molecule has 2 heterocycles. The third-order valence-corrected chi connectivity index (χ3v) is 5.08. The first-order valence-electron chi connectivity index (χ1n) is 9.27. The van der Waals surface area contributed by atoms with Gasteiger partial charge in [0, 0.05) is 17.2 Å². The van der Waals surface area contributed by atoms with Crippen LogP contribution in [0.15, 0.2) is 64.6 Å². The maximum Gasteiger partial charge on any atom is 0.273 e. The van der Waals surface area contributed by atoms with Crippen molar-refractivity contribution in [2.45, 2.75) is 6.92 Å². The highest BCUT2D eigenvalue weighted by molar-refractivity contribution is 7.80. The highest BCUT2D eigenvalue weighted by Crippen LogP contribution is 2.30. The van der Waals surface area contributed by atoms with Gasteiger partial charge in [-0.05, 0) is 49.5 Å². The van der Waals surface area contributed by atoms with E-state index < -0.39 is 22.6 Å². The first kappa shape index (κ1) is 21.1. The first-order valence-corrected chi connectivity index (χ1v) is 9.68. The minimum Gasteiger partial charge on any atom is -0.457 e. The van der Waals surface area contributed by atoms with Crippen molar-refractivity contribution < 1.29 is 23.3 Å². The molecule has 2 aromatic carbocycles. The number of nitro benzene ring substituents is 1. The molecule has 160 valence electrons. The molecule has 1 N–H and O–H groups in total. The highest BCUT2D eigenvalue weighted by atomic mass is 32.1. The molecule has 1 fully saturated rings. The highest BCUT2D eigenvalue weighted by Gasteiger charge is 2.35. The van der Waals surface area contributed by atoms with E-state index >= 15 is 0 Å². The average molecular weight is 451 g/mol. The topological polar surface area (TPSA) is 106 Å². The van der Waals surface area contributed by atoms with Gasteiger partial charge in [0.1, 0.15) is 22.9 Å². The van der Waals surface area contributed by atoms with Crippen LogP contribution >= 0.6 is 12.2 Å². The van der Waals surface area contributed by atoms with Gasteiger partial charge < -0.3 is 4.42 Å². The van der Waals surface area contributed by atoms with Crippen molar-refractivity contribution in [3.63, 3.8) is 0 Å². The second-order valence-electron chi connectivity index (χ2n) is 6.87. The standard InChI is InChI=1S/C22H14FN3O5S/c1-12-6-7-13(10-18(12)26(29)30)19-9-8-14(31-19)11-15-20(27)24-22(32)25(21(15)28)17-5-3-2-4-16(17)23/h2-11H,1H3,(H,24,27,32)/b15-11+. The second-order valence-corrected chi connectivity index (χ2v) is 7.26. The van der Waals surface area contributed by atoms with Crippen LogP contribution in [0.3, 0.4) is 0 Å². The number of nitro groups is 1. The van der Waals surface area contributed by atoms with Crippen LogP contribution in [0.1, 0.15) is 11.3 Å². The van der Waals surface area contributed by atoms with Crippen LogP contribution in [0.25, 0.3) is 17.4 Å². The molecule has 0 saturated carbocycles. The molecule has 4 rings (SSSR count). The molecular formula is C22H14FN3O5S. The number of carbonyl (C=O) groups excluding carboxylic acids is 2. The molecule has 1 saturated heterocycles. The summed E-state index contributed by atoms with van der Waals surface area (Å²) in [7, 11) is 0. The van der Waals surface area contributed by atoms with Crippen LogP contribution in [-0.2, 0) is 9.59 Å². The zero-order valence-electron chi connectivity index (χ0n) is 16.5. The Morgan fingerprint density at radius 1 is 1.16 bits per heavy atom. The summed E-state index contributed by atoms with van der Waals surface area (Å²) < 4.78 is 19.9. The van der Waals surface area contributed by atoms with Crippen LogP contribution in [0.4, 0.5) is 15.8 Å². The Morgan fingerprint density at radius 3 is 2.62 bits per heavy atom. The molecule has 3 aromatic rings. The quantitative estimate of drug-likeness (QED) is 0.210. The Labute approximate surface area is 186 Å². The largest absolute Gasteiger partial charge is 0.457 e. The van der Waals surface area contributed by atoms with Crippen molar-refractivity contribution in [3.8, 4) is 11.3 Å². The average Bonchev–Trinajstić information content (AvgIpc) is 3.21. The Morgan fingerprint density at radius 2 is 1.91 bits per heavy atom. The van der Waals surface area contributed by atoms with E-state index in [2.05, 4.69) is 5.32 Å². The Balaban J connectivity index is 1.69. The Hall–Kier alpha value is -4.18. The van der Waals surface area contributed by atoms with E-state index in [4.69, 9.17) is 16.6 Å². The smallest absolute Gasteiger partial charge is 0.273 e. The molecular weight excluding hydrogens is 437 g/mol. The third kappa shape index (κ3) is 3.79. The molecule has 1 aromatic heterocycles. The van der Waals surface area contributed by atoms with Crippen molar-refractivity contribution in [2.75, 3.05) is 4.90 Å². The van der Waals surface area contributed by atoms with Crippen molar-refractivity contribution >= 4 is 46.6 Å². The van der Waals surface area contributed by atoms with Crippen molar-refractivity contribution in [1.29, 1.82) is 0 Å². The van der Waals surface area contributed by atoms with Crippen LogP contribution < -0.4 is 10.2 Å². The van der Waals surface area contributed by atoms with Crippen LogP contribution in [-0.4, -0.2) is 21.9 Å². The van der Waals surface area contributed by atoms with Gasteiger partial charge in [0.25, 0.3) is 17.5 Å². The van der Waals surface area contributed by atoms with Gasteiger partial charge in [-0.1, -0.05) is 24.3 Å². The maximum atomic E-state index is 14.2. The number of nitrogens with one attached hydrogen (secondary N) is 1. The SMILES string of the molecule is Cc1ccc(-c2ccc(/C=C3\C(=O)NC(=S)N(c4ccccc4F)C3=O)o2)cc1[N+](=O)[O-]. The predicted octanol–water partition coefficient (Wildman–Crippen LogP) is 4.13. The van der Waals surface area contributed by atoms with E-state index in [1.165, 1.54) is 42.5 Å². The third-order valence-electron chi connectivity index (χ3n) is 4.80. The minimum absolute atomic E-state index is 0.0605. The number of nitrogens with zero attached hydrogens (tertiary/aromatic N) is 2. The van der Waals surface area contributed by atoms with Gasteiger partial charge in [0.15, 0.2) is 5.11 Å². The van der Waals surface area contributed by atoms with Crippen LogP contribution in [0.2, 0.25) is 0 Å². The lowest BCUT2D eigenvalue weighted by Crippen LogP contribution is -2.54. The number of hydrogen-bond acceptors (Lipinski definition) is 6. The Kier molecular flexibility index (Phi) is 5.37. The predicted molar refractivity (Wildman–Crippen MR) is 118 cm³/mol. The lowest BCUT2D eigenvalue weighted by molar-refractivity contribution is -0.385. The molecule has 0 spiro atoms. The molecule has 0 aliphatic carbocycles. The van der Waals surface area contributed by atoms with E-state index in [1.807, 2.05) is 0 Å². The summed E-state index contributed by atoms with van der Waals surface area (Å²) in [6, 6.07) is 13.2. The summed E-state index contributed by atoms with van der Waals surface area (Å²) in [5.74, 6) is -1.78.